The average Bonchev–Trinajstić information content (AvgIpc) is 2.91. The number of H-pyrrole nitrogens is 1. The molecule has 0 saturated heterocycles. The van der Waals surface area contributed by atoms with Crippen molar-refractivity contribution in [1.82, 2.24) is 20.4 Å². The highest BCUT2D eigenvalue weighted by Gasteiger charge is 2.34. The predicted molar refractivity (Wildman–Crippen MR) is 74.5 cm³/mol. The normalized spacial score (nSPS) is 21.1. The fraction of sp³-hybridized carbons (Fsp3) is 0.786. The number of nitrogens with one attached hydrogen (secondary N) is 2. The molecule has 0 spiro atoms. The van der Waals surface area contributed by atoms with Crippen molar-refractivity contribution in [2.24, 2.45) is 0 Å². The second-order valence-electron chi connectivity index (χ2n) is 5.81. The molecule has 0 bridgehead atoms. The summed E-state index contributed by atoms with van der Waals surface area (Å²) >= 11 is 0. The third-order valence-corrected chi connectivity index (χ3v) is 4.49. The van der Waals surface area contributed by atoms with Crippen LogP contribution in [-0.4, -0.2) is 41.3 Å². The van der Waals surface area contributed by atoms with Crippen molar-refractivity contribution >= 4 is 0 Å². The molecule has 0 radical (unpaired) electrons. The van der Waals surface area contributed by atoms with E-state index >= 15 is 0 Å². The fourth-order valence-electron chi connectivity index (χ4n) is 2.95. The topological polar surface area (TPSA) is 44.0 Å². The molecule has 1 aliphatic carbocycles. The molecule has 1 aromatic rings. The maximum Gasteiger partial charge on any atom is 0.0534 e. The van der Waals surface area contributed by atoms with Gasteiger partial charge in [-0.3, -0.25) is 5.10 Å². The summed E-state index contributed by atoms with van der Waals surface area (Å²) < 4.78 is 0. The summed E-state index contributed by atoms with van der Waals surface area (Å²) in [6.07, 6.45) is 10.6. The van der Waals surface area contributed by atoms with Gasteiger partial charge in [-0.05, 0) is 33.9 Å². The number of hydrogen-bond acceptors (Lipinski definition) is 3. The molecule has 1 saturated carbocycles. The SMILES string of the molecule is CC(NCC1(N(C)C)CCCCC1)c1cn[nH]c1. The Morgan fingerprint density at radius 1 is 1.39 bits per heavy atom. The van der Waals surface area contributed by atoms with Crippen molar-refractivity contribution in [2.45, 2.75) is 50.6 Å². The number of aromatic amines is 1. The lowest BCUT2D eigenvalue weighted by Gasteiger charge is -2.43. The first-order valence-corrected chi connectivity index (χ1v) is 7.03. The maximum atomic E-state index is 4.02. The first-order chi connectivity index (χ1) is 8.64. The summed E-state index contributed by atoms with van der Waals surface area (Å²) in [6, 6.07) is 0.363. The van der Waals surface area contributed by atoms with Gasteiger partial charge in [0.25, 0.3) is 0 Å². The highest BCUT2D eigenvalue weighted by molar-refractivity contribution is 5.08. The molecule has 1 atom stereocenters. The van der Waals surface area contributed by atoms with Gasteiger partial charge in [-0.2, -0.15) is 5.10 Å². The standard InChI is InChI=1S/C14H26N4/c1-12(13-9-16-17-10-13)15-11-14(18(2)3)7-5-4-6-8-14/h9-10,12,15H,4-8,11H2,1-3H3,(H,16,17). The van der Waals surface area contributed by atoms with E-state index < -0.39 is 0 Å². The minimum atomic E-state index is 0.343. The molecule has 2 rings (SSSR count). The summed E-state index contributed by atoms with van der Waals surface area (Å²) in [5, 5.41) is 10.6. The molecule has 18 heavy (non-hydrogen) atoms. The molecule has 1 aliphatic rings. The molecule has 102 valence electrons. The van der Waals surface area contributed by atoms with Crippen molar-refractivity contribution in [2.75, 3.05) is 20.6 Å². The van der Waals surface area contributed by atoms with Crippen LogP contribution >= 0.6 is 0 Å². The smallest absolute Gasteiger partial charge is 0.0534 e. The van der Waals surface area contributed by atoms with Gasteiger partial charge in [0.05, 0.1) is 6.20 Å². The highest BCUT2D eigenvalue weighted by Crippen LogP contribution is 2.32. The molecule has 1 aromatic heterocycles. The fourth-order valence-corrected chi connectivity index (χ4v) is 2.95. The van der Waals surface area contributed by atoms with Gasteiger partial charge in [-0.25, -0.2) is 0 Å². The van der Waals surface area contributed by atoms with E-state index in [-0.39, 0.29) is 0 Å². The van der Waals surface area contributed by atoms with Crippen LogP contribution < -0.4 is 5.32 Å². The van der Waals surface area contributed by atoms with E-state index in [1.807, 2.05) is 12.4 Å². The third kappa shape index (κ3) is 2.93. The minimum absolute atomic E-state index is 0.343. The summed E-state index contributed by atoms with van der Waals surface area (Å²) in [5.74, 6) is 0. The molecule has 0 amide bonds. The maximum absolute atomic E-state index is 4.02. The van der Waals surface area contributed by atoms with Gasteiger partial charge in [-0.1, -0.05) is 19.3 Å². The van der Waals surface area contributed by atoms with E-state index in [0.29, 0.717) is 11.6 Å². The molecule has 1 heterocycles. The van der Waals surface area contributed by atoms with Crippen molar-refractivity contribution in [3.05, 3.63) is 18.0 Å². The van der Waals surface area contributed by atoms with Crippen LogP contribution in [0.15, 0.2) is 12.4 Å². The first kappa shape index (κ1) is 13.6. The predicted octanol–water partition coefficient (Wildman–Crippen LogP) is 2.32. The molecular weight excluding hydrogens is 224 g/mol. The molecule has 0 aromatic carbocycles. The van der Waals surface area contributed by atoms with Crippen LogP contribution in [0.5, 0.6) is 0 Å². The van der Waals surface area contributed by atoms with Gasteiger partial charge in [0.2, 0.25) is 0 Å². The van der Waals surface area contributed by atoms with Crippen LogP contribution in [0.3, 0.4) is 0 Å². The zero-order chi connectivity index (χ0) is 13.0. The van der Waals surface area contributed by atoms with E-state index in [1.54, 1.807) is 0 Å². The first-order valence-electron chi connectivity index (χ1n) is 7.03. The molecule has 4 heteroatoms. The van der Waals surface area contributed by atoms with Gasteiger partial charge in [0.1, 0.15) is 0 Å². The Morgan fingerprint density at radius 3 is 2.67 bits per heavy atom. The lowest BCUT2D eigenvalue weighted by Crippen LogP contribution is -2.53. The molecule has 4 nitrogen and oxygen atoms in total. The molecule has 1 unspecified atom stereocenters. The van der Waals surface area contributed by atoms with Crippen LogP contribution in [0.2, 0.25) is 0 Å². The van der Waals surface area contributed by atoms with Crippen molar-refractivity contribution in [3.63, 3.8) is 0 Å². The second kappa shape index (κ2) is 5.85. The summed E-state index contributed by atoms with van der Waals surface area (Å²) in [5.41, 5.74) is 1.58. The van der Waals surface area contributed by atoms with Crippen LogP contribution in [0, 0.1) is 0 Å². The number of hydrogen-bond donors (Lipinski definition) is 2. The summed E-state index contributed by atoms with van der Waals surface area (Å²) in [6.45, 7) is 3.27. The summed E-state index contributed by atoms with van der Waals surface area (Å²) in [7, 11) is 4.44. The number of likely N-dealkylation sites (N-methyl/N-ethyl adjacent to an activating group) is 1. The monoisotopic (exact) mass is 250 g/mol. The van der Waals surface area contributed by atoms with Gasteiger partial charge >= 0.3 is 0 Å². The Bertz CT molecular complexity index is 339. The van der Waals surface area contributed by atoms with Gasteiger partial charge in [0, 0.05) is 29.9 Å². The number of nitrogens with zero attached hydrogens (tertiary/aromatic N) is 2. The van der Waals surface area contributed by atoms with Crippen LogP contribution in [0.1, 0.15) is 50.6 Å². The Labute approximate surface area is 110 Å². The van der Waals surface area contributed by atoms with E-state index in [1.165, 1.54) is 37.7 Å². The molecular formula is C14H26N4. The van der Waals surface area contributed by atoms with Crippen molar-refractivity contribution < 1.29 is 0 Å². The Hall–Kier alpha value is -0.870. The quantitative estimate of drug-likeness (QED) is 0.843. The van der Waals surface area contributed by atoms with Crippen LogP contribution in [0.25, 0.3) is 0 Å². The molecule has 1 fully saturated rings. The van der Waals surface area contributed by atoms with E-state index in [9.17, 15) is 0 Å². The lowest BCUT2D eigenvalue weighted by atomic mass is 9.80. The largest absolute Gasteiger partial charge is 0.308 e. The lowest BCUT2D eigenvalue weighted by molar-refractivity contribution is 0.0958. The molecule has 2 N–H and O–H groups in total. The van der Waals surface area contributed by atoms with Gasteiger partial charge < -0.3 is 10.2 Å². The zero-order valence-corrected chi connectivity index (χ0v) is 11.9. The Kier molecular flexibility index (Phi) is 4.40. The molecule has 0 aliphatic heterocycles. The highest BCUT2D eigenvalue weighted by atomic mass is 15.2. The van der Waals surface area contributed by atoms with E-state index in [0.717, 1.165) is 6.54 Å². The number of rotatable bonds is 5. The van der Waals surface area contributed by atoms with Crippen LogP contribution in [0.4, 0.5) is 0 Å². The van der Waals surface area contributed by atoms with E-state index in [4.69, 9.17) is 0 Å². The minimum Gasteiger partial charge on any atom is -0.308 e. The average molecular weight is 250 g/mol. The van der Waals surface area contributed by atoms with Crippen LogP contribution in [-0.2, 0) is 0 Å². The van der Waals surface area contributed by atoms with E-state index in [2.05, 4.69) is 41.4 Å². The Balaban J connectivity index is 1.93. The third-order valence-electron chi connectivity index (χ3n) is 4.49. The van der Waals surface area contributed by atoms with Gasteiger partial charge in [-0.15, -0.1) is 0 Å². The van der Waals surface area contributed by atoms with Crippen molar-refractivity contribution in [3.8, 4) is 0 Å². The van der Waals surface area contributed by atoms with Crippen molar-refractivity contribution in [1.29, 1.82) is 0 Å². The second-order valence-corrected chi connectivity index (χ2v) is 5.81. The summed E-state index contributed by atoms with van der Waals surface area (Å²) in [4.78, 5) is 2.42. The zero-order valence-electron chi connectivity index (χ0n) is 11.9. The Morgan fingerprint density at radius 2 is 2.11 bits per heavy atom. The van der Waals surface area contributed by atoms with Gasteiger partial charge in [0.15, 0.2) is 0 Å². The number of aromatic nitrogens is 2.